The maximum atomic E-state index is 13.3. The molecule has 0 saturated carbocycles. The van der Waals surface area contributed by atoms with Gasteiger partial charge >= 0.3 is 5.00 Å². The Morgan fingerprint density at radius 1 is 1.23 bits per heavy atom. The smallest absolute Gasteiger partial charge is 0.281 e. The first-order valence-corrected chi connectivity index (χ1v) is 11.4. The van der Waals surface area contributed by atoms with Crippen molar-refractivity contribution in [2.75, 3.05) is 11.4 Å². The van der Waals surface area contributed by atoms with Gasteiger partial charge in [-0.3, -0.25) is 24.5 Å². The van der Waals surface area contributed by atoms with E-state index in [9.17, 15) is 14.9 Å². The van der Waals surface area contributed by atoms with Crippen molar-refractivity contribution in [1.82, 2.24) is 14.8 Å². The first kappa shape index (κ1) is 21.4. The number of anilines is 1. The van der Waals surface area contributed by atoms with E-state index in [-0.39, 0.29) is 15.8 Å². The molecule has 0 aliphatic heterocycles. The summed E-state index contributed by atoms with van der Waals surface area (Å²) >= 11 is 8.41. The van der Waals surface area contributed by atoms with E-state index >= 15 is 0 Å². The van der Waals surface area contributed by atoms with Gasteiger partial charge in [0, 0.05) is 23.3 Å². The quantitative estimate of drug-likeness (QED) is 0.275. The summed E-state index contributed by atoms with van der Waals surface area (Å²) in [7, 11) is 0. The summed E-state index contributed by atoms with van der Waals surface area (Å²) in [5.74, 6) is -0.331. The Morgan fingerprint density at radius 3 is 2.65 bits per heavy atom. The van der Waals surface area contributed by atoms with Crippen LogP contribution < -0.4 is 4.90 Å². The van der Waals surface area contributed by atoms with Crippen molar-refractivity contribution in [3.05, 3.63) is 67.3 Å². The molecule has 4 rings (SSSR count). The summed E-state index contributed by atoms with van der Waals surface area (Å²) in [6.45, 7) is 6.57. The molecule has 31 heavy (non-hydrogen) atoms. The highest BCUT2D eigenvalue weighted by atomic mass is 35.5. The number of rotatable bonds is 6. The van der Waals surface area contributed by atoms with E-state index in [1.165, 1.54) is 23.5 Å². The number of fused-ring (bicyclic) bond motifs is 1. The van der Waals surface area contributed by atoms with Gasteiger partial charge in [0.1, 0.15) is 0 Å². The maximum absolute atomic E-state index is 13.3. The number of halogens is 1. The minimum absolute atomic E-state index is 0.0752. The predicted molar refractivity (Wildman–Crippen MR) is 124 cm³/mol. The zero-order valence-corrected chi connectivity index (χ0v) is 19.3. The number of benzene rings is 1. The van der Waals surface area contributed by atoms with Crippen LogP contribution in [0.5, 0.6) is 0 Å². The number of thiazole rings is 1. The van der Waals surface area contributed by atoms with Crippen LogP contribution in [0.4, 0.5) is 10.1 Å². The molecule has 0 N–H and O–H groups in total. The van der Waals surface area contributed by atoms with Gasteiger partial charge in [0.15, 0.2) is 5.13 Å². The molecule has 1 aromatic carbocycles. The molecular weight excluding hydrogens is 458 g/mol. The zero-order valence-electron chi connectivity index (χ0n) is 17.0. The molecule has 0 radical (unpaired) electrons. The molecule has 8 nitrogen and oxygen atoms in total. The van der Waals surface area contributed by atoms with Crippen LogP contribution in [-0.2, 0) is 6.54 Å². The topological polar surface area (TPSA) is 94.2 Å². The highest BCUT2D eigenvalue weighted by Gasteiger charge is 2.25. The second kappa shape index (κ2) is 8.37. The fourth-order valence-corrected chi connectivity index (χ4v) is 5.53. The summed E-state index contributed by atoms with van der Waals surface area (Å²) in [6, 6.07) is 8.46. The molecule has 0 unspecified atom stereocenters. The third-order valence-electron chi connectivity index (χ3n) is 4.74. The van der Waals surface area contributed by atoms with E-state index in [4.69, 9.17) is 11.6 Å². The minimum atomic E-state index is -0.495. The molecular formula is C20H18ClN5O3S2. The van der Waals surface area contributed by atoms with Crippen molar-refractivity contribution in [1.29, 1.82) is 0 Å². The van der Waals surface area contributed by atoms with Gasteiger partial charge in [0.25, 0.3) is 5.91 Å². The normalized spacial score (nSPS) is 11.2. The first-order valence-electron chi connectivity index (χ1n) is 9.37. The van der Waals surface area contributed by atoms with Crippen molar-refractivity contribution in [2.45, 2.75) is 27.3 Å². The summed E-state index contributed by atoms with van der Waals surface area (Å²) in [6.07, 6.45) is 0. The number of aryl methyl sites for hydroxylation is 3. The van der Waals surface area contributed by atoms with E-state index in [0.717, 1.165) is 38.5 Å². The predicted octanol–water partition coefficient (Wildman–Crippen LogP) is 5.39. The minimum Gasteiger partial charge on any atom is -0.281 e. The summed E-state index contributed by atoms with van der Waals surface area (Å²) in [5, 5.41) is 16.6. The van der Waals surface area contributed by atoms with E-state index < -0.39 is 4.92 Å². The van der Waals surface area contributed by atoms with Crippen molar-refractivity contribution < 1.29 is 9.72 Å². The second-order valence-corrected chi connectivity index (χ2v) is 9.58. The summed E-state index contributed by atoms with van der Waals surface area (Å²) in [5.41, 5.74) is 3.59. The monoisotopic (exact) mass is 475 g/mol. The standard InChI is InChI=1S/C20H18ClN5O3S2/c1-11-8-14(21)10-16-18(11)22-20(31-16)24(6-7-25-13(3)9-12(2)23-25)19(27)15-4-5-17(30-15)26(28)29/h4-5,8-10H,6-7H2,1-3H3. The third kappa shape index (κ3) is 4.32. The molecule has 0 atom stereocenters. The van der Waals surface area contributed by atoms with Gasteiger partial charge in [-0.1, -0.05) is 34.3 Å². The molecule has 3 heterocycles. The number of aromatic nitrogens is 3. The van der Waals surface area contributed by atoms with Crippen LogP contribution in [0.25, 0.3) is 10.2 Å². The molecule has 0 spiro atoms. The van der Waals surface area contributed by atoms with Crippen molar-refractivity contribution in [3.63, 3.8) is 0 Å². The van der Waals surface area contributed by atoms with Gasteiger partial charge in [-0.25, -0.2) is 4.98 Å². The molecule has 4 aromatic rings. The van der Waals surface area contributed by atoms with E-state index in [0.29, 0.717) is 23.2 Å². The Morgan fingerprint density at radius 2 is 2.00 bits per heavy atom. The summed E-state index contributed by atoms with van der Waals surface area (Å²) < 4.78 is 2.71. The Labute approximate surface area is 190 Å². The van der Waals surface area contributed by atoms with Crippen LogP contribution in [0.3, 0.4) is 0 Å². The highest BCUT2D eigenvalue weighted by Crippen LogP contribution is 2.34. The Bertz CT molecular complexity index is 1310. The lowest BCUT2D eigenvalue weighted by Gasteiger charge is -2.19. The van der Waals surface area contributed by atoms with Gasteiger partial charge in [-0.2, -0.15) is 5.10 Å². The average Bonchev–Trinajstić information content (AvgIpc) is 3.40. The van der Waals surface area contributed by atoms with E-state index in [2.05, 4.69) is 10.1 Å². The number of carbonyl (C=O) groups excluding carboxylic acids is 1. The lowest BCUT2D eigenvalue weighted by atomic mass is 10.2. The van der Waals surface area contributed by atoms with Gasteiger partial charge in [-0.15, -0.1) is 0 Å². The first-order chi connectivity index (χ1) is 14.7. The molecule has 0 aliphatic carbocycles. The maximum Gasteiger partial charge on any atom is 0.324 e. The molecule has 0 fully saturated rings. The Kier molecular flexibility index (Phi) is 5.78. The van der Waals surface area contributed by atoms with E-state index in [1.807, 2.05) is 43.7 Å². The van der Waals surface area contributed by atoms with Gasteiger partial charge in [-0.05, 0) is 50.6 Å². The van der Waals surface area contributed by atoms with Gasteiger partial charge in [0.05, 0.1) is 32.3 Å². The molecule has 0 saturated heterocycles. The number of hydrogen-bond donors (Lipinski definition) is 0. The summed E-state index contributed by atoms with van der Waals surface area (Å²) in [4.78, 5) is 30.5. The number of nitro groups is 1. The Balaban J connectivity index is 1.72. The lowest BCUT2D eigenvalue weighted by Crippen LogP contribution is -2.33. The molecule has 0 bridgehead atoms. The van der Waals surface area contributed by atoms with Crippen LogP contribution in [0, 0.1) is 30.9 Å². The SMILES string of the molecule is Cc1cc(C)n(CCN(C(=O)c2ccc([N+](=O)[O-])s2)c2nc3c(C)cc(Cl)cc3s2)n1. The van der Waals surface area contributed by atoms with Crippen molar-refractivity contribution in [2.24, 2.45) is 0 Å². The largest absolute Gasteiger partial charge is 0.324 e. The molecule has 3 aromatic heterocycles. The van der Waals surface area contributed by atoms with Crippen molar-refractivity contribution >= 4 is 60.5 Å². The average molecular weight is 476 g/mol. The molecule has 1 amide bonds. The molecule has 0 aliphatic rings. The van der Waals surface area contributed by atoms with Crippen molar-refractivity contribution in [3.8, 4) is 0 Å². The van der Waals surface area contributed by atoms with Crippen LogP contribution in [0.2, 0.25) is 5.02 Å². The lowest BCUT2D eigenvalue weighted by molar-refractivity contribution is -0.380. The fourth-order valence-electron chi connectivity index (χ4n) is 3.31. The van der Waals surface area contributed by atoms with Crippen LogP contribution in [-0.4, -0.2) is 32.1 Å². The number of carbonyl (C=O) groups is 1. The van der Waals surface area contributed by atoms with E-state index in [1.54, 1.807) is 4.90 Å². The third-order valence-corrected chi connectivity index (χ3v) is 7.00. The fraction of sp³-hybridized carbons (Fsp3) is 0.250. The number of amides is 1. The zero-order chi connectivity index (χ0) is 22.3. The van der Waals surface area contributed by atoms with Crippen LogP contribution in [0.1, 0.15) is 26.6 Å². The number of nitrogens with zero attached hydrogens (tertiary/aromatic N) is 5. The number of hydrogen-bond acceptors (Lipinski definition) is 7. The van der Waals surface area contributed by atoms with Gasteiger partial charge in [0.2, 0.25) is 0 Å². The Hall–Kier alpha value is -2.82. The highest BCUT2D eigenvalue weighted by molar-refractivity contribution is 7.22. The van der Waals surface area contributed by atoms with Crippen LogP contribution in [0.15, 0.2) is 30.3 Å². The van der Waals surface area contributed by atoms with Crippen LogP contribution >= 0.6 is 34.3 Å². The number of thiophene rings is 1. The second-order valence-electron chi connectivity index (χ2n) is 7.07. The van der Waals surface area contributed by atoms with Gasteiger partial charge < -0.3 is 0 Å². The molecule has 11 heteroatoms. The molecule has 160 valence electrons.